The lowest BCUT2D eigenvalue weighted by Crippen LogP contribution is -2.52. The molecule has 3 aromatic carbocycles. The minimum Gasteiger partial charge on any atom is -0.443 e. The van der Waals surface area contributed by atoms with E-state index in [2.05, 4.69) is 15.6 Å². The van der Waals surface area contributed by atoms with Crippen molar-refractivity contribution in [1.29, 1.82) is 0 Å². The number of hydrogen-bond donors (Lipinski definition) is 3. The van der Waals surface area contributed by atoms with Crippen LogP contribution >= 0.6 is 0 Å². The minimum absolute atomic E-state index is 0.103. The summed E-state index contributed by atoms with van der Waals surface area (Å²) in [5.74, 6) is -1.86. The molecule has 4 aromatic rings. The average molecular weight is 490 g/mol. The number of benzene rings is 3. The first-order chi connectivity index (χ1) is 17.1. The third kappa shape index (κ3) is 3.98. The zero-order valence-corrected chi connectivity index (χ0v) is 20.9. The van der Waals surface area contributed by atoms with Crippen molar-refractivity contribution in [3.8, 4) is 11.1 Å². The molecular weight excluding hydrogens is 460 g/mol. The Balaban J connectivity index is 1.51. The molecule has 0 fully saturated rings. The number of aromatic amines is 1. The normalized spacial score (nSPS) is 18.4. The number of carbonyl (C=O) groups excluding carboxylic acids is 1. The van der Waals surface area contributed by atoms with Gasteiger partial charge in [0.05, 0.1) is 16.6 Å². The lowest BCUT2D eigenvalue weighted by Gasteiger charge is -2.44. The van der Waals surface area contributed by atoms with E-state index in [1.165, 1.54) is 6.07 Å². The number of H-pyrrole nitrogens is 1. The SMILES string of the molecule is Cc1ccc(NC(=O)O[C@H]2[C@H](C)c3c(cc(F)c(-c4cccc5cc[nH]c45)c3F)NC2(C)C)c(C)c1. The summed E-state index contributed by atoms with van der Waals surface area (Å²) < 4.78 is 37.4. The van der Waals surface area contributed by atoms with Gasteiger partial charge in [0.25, 0.3) is 0 Å². The maximum atomic E-state index is 16.1. The summed E-state index contributed by atoms with van der Waals surface area (Å²) in [6.45, 7) is 9.39. The first kappa shape index (κ1) is 23.9. The Kier molecular flexibility index (Phi) is 5.74. The first-order valence-corrected chi connectivity index (χ1v) is 12.0. The molecule has 7 heteroatoms. The highest BCUT2D eigenvalue weighted by atomic mass is 19.1. The van der Waals surface area contributed by atoms with E-state index in [1.807, 2.05) is 58.0 Å². The van der Waals surface area contributed by atoms with Gasteiger partial charge in [-0.1, -0.05) is 42.8 Å². The first-order valence-electron chi connectivity index (χ1n) is 12.0. The van der Waals surface area contributed by atoms with Crippen LogP contribution in [0.5, 0.6) is 0 Å². The number of carbonyl (C=O) groups is 1. The van der Waals surface area contributed by atoms with Gasteiger partial charge in [-0.25, -0.2) is 13.6 Å². The molecule has 0 aliphatic carbocycles. The topological polar surface area (TPSA) is 66.1 Å². The van der Waals surface area contributed by atoms with Crippen molar-refractivity contribution in [3.63, 3.8) is 0 Å². The average Bonchev–Trinajstić information content (AvgIpc) is 3.27. The van der Waals surface area contributed by atoms with Crippen LogP contribution in [0.1, 0.15) is 43.4 Å². The Bertz CT molecular complexity index is 1490. The van der Waals surface area contributed by atoms with Gasteiger partial charge < -0.3 is 15.0 Å². The molecule has 0 saturated carbocycles. The van der Waals surface area contributed by atoms with Gasteiger partial charge in [0.1, 0.15) is 17.7 Å². The lowest BCUT2D eigenvalue weighted by molar-refractivity contribution is 0.0560. The van der Waals surface area contributed by atoms with Gasteiger partial charge in [-0.05, 0) is 56.8 Å². The van der Waals surface area contributed by atoms with E-state index in [1.54, 1.807) is 25.3 Å². The summed E-state index contributed by atoms with van der Waals surface area (Å²) in [4.78, 5) is 16.0. The molecule has 0 unspecified atom stereocenters. The lowest BCUT2D eigenvalue weighted by atomic mass is 9.77. The van der Waals surface area contributed by atoms with Crippen LogP contribution in [-0.2, 0) is 4.74 Å². The molecule has 2 heterocycles. The number of amides is 1. The van der Waals surface area contributed by atoms with Crippen LogP contribution < -0.4 is 10.6 Å². The van der Waals surface area contributed by atoms with Crippen molar-refractivity contribution in [2.75, 3.05) is 10.6 Å². The number of para-hydroxylation sites is 1. The Hall–Kier alpha value is -3.87. The highest BCUT2D eigenvalue weighted by Crippen LogP contribution is 2.46. The van der Waals surface area contributed by atoms with E-state index in [9.17, 15) is 4.79 Å². The van der Waals surface area contributed by atoms with Gasteiger partial charge in [0.15, 0.2) is 0 Å². The number of aromatic nitrogens is 1. The van der Waals surface area contributed by atoms with E-state index >= 15 is 8.78 Å². The largest absolute Gasteiger partial charge is 0.443 e. The molecule has 1 aliphatic rings. The van der Waals surface area contributed by atoms with Gasteiger partial charge >= 0.3 is 6.09 Å². The van der Waals surface area contributed by atoms with E-state index in [0.29, 0.717) is 28.0 Å². The van der Waals surface area contributed by atoms with E-state index < -0.39 is 35.3 Å². The predicted molar refractivity (Wildman–Crippen MR) is 140 cm³/mol. The zero-order chi connectivity index (χ0) is 25.8. The Morgan fingerprint density at radius 2 is 1.86 bits per heavy atom. The number of hydrogen-bond acceptors (Lipinski definition) is 3. The number of halogens is 2. The van der Waals surface area contributed by atoms with Crippen LogP contribution in [0, 0.1) is 25.5 Å². The third-order valence-electron chi connectivity index (χ3n) is 7.04. The van der Waals surface area contributed by atoms with E-state index in [-0.39, 0.29) is 5.56 Å². The van der Waals surface area contributed by atoms with Crippen LogP contribution in [0.2, 0.25) is 0 Å². The van der Waals surface area contributed by atoms with Gasteiger partial charge in [-0.2, -0.15) is 0 Å². The molecule has 1 amide bonds. The number of anilines is 2. The quantitative estimate of drug-likeness (QED) is 0.277. The van der Waals surface area contributed by atoms with Gasteiger partial charge in [0, 0.05) is 34.6 Å². The second kappa shape index (κ2) is 8.66. The second-order valence-electron chi connectivity index (χ2n) is 10.2. The molecule has 0 spiro atoms. The second-order valence-corrected chi connectivity index (χ2v) is 10.2. The molecule has 5 rings (SSSR count). The van der Waals surface area contributed by atoms with Crippen molar-refractivity contribution >= 4 is 28.4 Å². The molecule has 2 atom stereocenters. The van der Waals surface area contributed by atoms with Gasteiger partial charge in [-0.3, -0.25) is 5.32 Å². The van der Waals surface area contributed by atoms with Crippen LogP contribution in [0.3, 0.4) is 0 Å². The van der Waals surface area contributed by atoms with Crippen LogP contribution in [-0.4, -0.2) is 22.7 Å². The summed E-state index contributed by atoms with van der Waals surface area (Å²) in [5.41, 5.74) is 3.52. The van der Waals surface area contributed by atoms with Gasteiger partial charge in [0.2, 0.25) is 0 Å². The predicted octanol–water partition coefficient (Wildman–Crippen LogP) is 7.65. The molecule has 1 aliphatic heterocycles. The zero-order valence-electron chi connectivity index (χ0n) is 20.9. The van der Waals surface area contributed by atoms with Crippen molar-refractivity contribution in [2.24, 2.45) is 0 Å². The standard InChI is InChI=1S/C29H29F2N3O2/c1-15-9-10-21(16(2)13-15)33-28(35)36-27-17(3)23-22(34-29(27,4)5)14-20(30)24(25(23)31)19-8-6-7-18-11-12-32-26(18)19/h6-14,17,27,32,34H,1-5H3,(H,33,35)/t17-,27+/m1/s1. The fraction of sp³-hybridized carbons (Fsp3) is 0.276. The summed E-state index contributed by atoms with van der Waals surface area (Å²) in [6.07, 6.45) is 0.397. The summed E-state index contributed by atoms with van der Waals surface area (Å²) in [7, 11) is 0. The van der Waals surface area contributed by atoms with Gasteiger partial charge in [-0.15, -0.1) is 0 Å². The van der Waals surface area contributed by atoms with E-state index in [4.69, 9.17) is 4.74 Å². The molecule has 186 valence electrons. The molecular formula is C29H29F2N3O2. The molecule has 36 heavy (non-hydrogen) atoms. The number of ether oxygens (including phenoxy) is 1. The Labute approximate surface area is 208 Å². The highest BCUT2D eigenvalue weighted by molar-refractivity contribution is 5.95. The molecule has 0 saturated heterocycles. The Morgan fingerprint density at radius 3 is 2.61 bits per heavy atom. The third-order valence-corrected chi connectivity index (χ3v) is 7.04. The minimum atomic E-state index is -0.772. The van der Waals surface area contributed by atoms with E-state index in [0.717, 1.165) is 16.5 Å². The number of nitrogens with one attached hydrogen (secondary N) is 3. The summed E-state index contributed by atoms with van der Waals surface area (Å²) in [5, 5.41) is 6.86. The summed E-state index contributed by atoms with van der Waals surface area (Å²) >= 11 is 0. The van der Waals surface area contributed by atoms with Crippen molar-refractivity contribution < 1.29 is 18.3 Å². The molecule has 0 bridgehead atoms. The highest BCUT2D eigenvalue weighted by Gasteiger charge is 2.45. The van der Waals surface area contributed by atoms with Crippen LogP contribution in [0.4, 0.5) is 25.0 Å². The fourth-order valence-electron chi connectivity index (χ4n) is 5.38. The monoisotopic (exact) mass is 489 g/mol. The van der Waals surface area contributed by atoms with Crippen molar-refractivity contribution in [1.82, 2.24) is 4.98 Å². The number of fused-ring (bicyclic) bond motifs is 2. The maximum Gasteiger partial charge on any atom is 0.412 e. The maximum absolute atomic E-state index is 16.1. The molecule has 1 aromatic heterocycles. The molecule has 3 N–H and O–H groups in total. The Morgan fingerprint density at radius 1 is 1.08 bits per heavy atom. The van der Waals surface area contributed by atoms with Crippen molar-refractivity contribution in [2.45, 2.75) is 52.2 Å². The number of rotatable bonds is 3. The van der Waals surface area contributed by atoms with Crippen LogP contribution in [0.25, 0.3) is 22.0 Å². The smallest absolute Gasteiger partial charge is 0.412 e. The fourth-order valence-corrected chi connectivity index (χ4v) is 5.38. The summed E-state index contributed by atoms with van der Waals surface area (Å²) in [6, 6.07) is 14.2. The number of aryl methyl sites for hydroxylation is 2. The molecule has 5 nitrogen and oxygen atoms in total. The molecule has 0 radical (unpaired) electrons. The van der Waals surface area contributed by atoms with Crippen molar-refractivity contribution in [3.05, 3.63) is 83.1 Å². The van der Waals surface area contributed by atoms with Crippen LogP contribution in [0.15, 0.2) is 54.7 Å².